The SMILES string of the molecule is C[C@@H](O)CNC(=O)CC1(N)CCCCC1. The first-order chi connectivity index (χ1) is 7.02. The Balaban J connectivity index is 2.29. The second-order valence-corrected chi connectivity index (χ2v) is 4.75. The minimum Gasteiger partial charge on any atom is -0.392 e. The average molecular weight is 214 g/mol. The number of hydrogen-bond acceptors (Lipinski definition) is 3. The van der Waals surface area contributed by atoms with Gasteiger partial charge in [0.15, 0.2) is 0 Å². The minimum atomic E-state index is -0.492. The standard InChI is InChI=1S/C11H22N2O2/c1-9(14)8-13-10(15)7-11(12)5-3-2-4-6-11/h9,14H,2-8,12H2,1H3,(H,13,15)/t9-/m1/s1. The van der Waals surface area contributed by atoms with E-state index < -0.39 is 6.10 Å². The van der Waals surface area contributed by atoms with Crippen LogP contribution in [0, 0.1) is 0 Å². The van der Waals surface area contributed by atoms with Crippen LogP contribution in [0.3, 0.4) is 0 Å². The van der Waals surface area contributed by atoms with Gasteiger partial charge >= 0.3 is 0 Å². The molecule has 0 aromatic heterocycles. The smallest absolute Gasteiger partial charge is 0.221 e. The third-order valence-electron chi connectivity index (χ3n) is 2.96. The van der Waals surface area contributed by atoms with Crippen LogP contribution in [0.4, 0.5) is 0 Å². The first kappa shape index (κ1) is 12.5. The molecule has 0 aliphatic heterocycles. The molecule has 1 amide bonds. The molecular weight excluding hydrogens is 192 g/mol. The molecule has 1 aliphatic rings. The van der Waals surface area contributed by atoms with Crippen molar-refractivity contribution < 1.29 is 9.90 Å². The quantitative estimate of drug-likeness (QED) is 0.639. The first-order valence-corrected chi connectivity index (χ1v) is 5.75. The van der Waals surface area contributed by atoms with Gasteiger partial charge in [-0.05, 0) is 19.8 Å². The lowest BCUT2D eigenvalue weighted by atomic mass is 9.80. The highest BCUT2D eigenvalue weighted by molar-refractivity contribution is 5.77. The summed E-state index contributed by atoms with van der Waals surface area (Å²) in [7, 11) is 0. The largest absolute Gasteiger partial charge is 0.392 e. The summed E-state index contributed by atoms with van der Waals surface area (Å²) in [6.45, 7) is 1.97. The van der Waals surface area contributed by atoms with E-state index in [0.717, 1.165) is 25.7 Å². The summed E-state index contributed by atoms with van der Waals surface area (Å²) in [5, 5.41) is 11.7. The van der Waals surface area contributed by atoms with E-state index in [1.807, 2.05) is 0 Å². The fourth-order valence-electron chi connectivity index (χ4n) is 2.08. The lowest BCUT2D eigenvalue weighted by Crippen LogP contribution is -2.46. The van der Waals surface area contributed by atoms with Crippen LogP contribution < -0.4 is 11.1 Å². The molecule has 0 saturated heterocycles. The number of carbonyl (C=O) groups is 1. The van der Waals surface area contributed by atoms with Crippen LogP contribution in [0.2, 0.25) is 0 Å². The number of aliphatic hydroxyl groups excluding tert-OH is 1. The van der Waals surface area contributed by atoms with E-state index in [1.165, 1.54) is 6.42 Å². The topological polar surface area (TPSA) is 75.3 Å². The van der Waals surface area contributed by atoms with Gasteiger partial charge in [0.25, 0.3) is 0 Å². The highest BCUT2D eigenvalue weighted by Crippen LogP contribution is 2.28. The van der Waals surface area contributed by atoms with E-state index in [9.17, 15) is 4.79 Å². The maximum atomic E-state index is 11.5. The number of nitrogens with one attached hydrogen (secondary N) is 1. The van der Waals surface area contributed by atoms with Crippen molar-refractivity contribution in [3.05, 3.63) is 0 Å². The molecule has 0 unspecified atom stereocenters. The van der Waals surface area contributed by atoms with Gasteiger partial charge in [-0.1, -0.05) is 19.3 Å². The Morgan fingerprint density at radius 2 is 2.07 bits per heavy atom. The molecule has 4 nitrogen and oxygen atoms in total. The molecule has 15 heavy (non-hydrogen) atoms. The summed E-state index contributed by atoms with van der Waals surface area (Å²) in [5.74, 6) is -0.0414. The van der Waals surface area contributed by atoms with Crippen molar-refractivity contribution in [2.45, 2.75) is 57.1 Å². The van der Waals surface area contributed by atoms with E-state index >= 15 is 0 Å². The monoisotopic (exact) mass is 214 g/mol. The lowest BCUT2D eigenvalue weighted by molar-refractivity contribution is -0.123. The summed E-state index contributed by atoms with van der Waals surface area (Å²) < 4.78 is 0. The van der Waals surface area contributed by atoms with Gasteiger partial charge in [0, 0.05) is 18.5 Å². The predicted molar refractivity (Wildman–Crippen MR) is 59.3 cm³/mol. The molecule has 0 radical (unpaired) electrons. The van der Waals surface area contributed by atoms with Gasteiger partial charge in [-0.15, -0.1) is 0 Å². The van der Waals surface area contributed by atoms with Crippen molar-refractivity contribution in [3.63, 3.8) is 0 Å². The van der Waals surface area contributed by atoms with Crippen molar-refractivity contribution in [2.75, 3.05) is 6.54 Å². The summed E-state index contributed by atoms with van der Waals surface area (Å²) in [6.07, 6.45) is 5.26. The predicted octanol–water partition coefficient (Wildman–Crippen LogP) is 0.535. The molecule has 4 heteroatoms. The Labute approximate surface area is 91.2 Å². The fourth-order valence-corrected chi connectivity index (χ4v) is 2.08. The van der Waals surface area contributed by atoms with Crippen molar-refractivity contribution in [2.24, 2.45) is 5.73 Å². The zero-order valence-electron chi connectivity index (χ0n) is 9.46. The Morgan fingerprint density at radius 3 is 2.60 bits per heavy atom. The third-order valence-corrected chi connectivity index (χ3v) is 2.96. The van der Waals surface area contributed by atoms with Crippen LogP contribution in [0.5, 0.6) is 0 Å². The highest BCUT2D eigenvalue weighted by atomic mass is 16.3. The Bertz CT molecular complexity index is 211. The van der Waals surface area contributed by atoms with E-state index in [2.05, 4.69) is 5.32 Å². The molecule has 1 aliphatic carbocycles. The van der Waals surface area contributed by atoms with Crippen LogP contribution in [-0.4, -0.2) is 29.2 Å². The van der Waals surface area contributed by atoms with Gasteiger partial charge in [-0.25, -0.2) is 0 Å². The molecule has 0 heterocycles. The number of amides is 1. The van der Waals surface area contributed by atoms with Crippen molar-refractivity contribution in [1.82, 2.24) is 5.32 Å². The second kappa shape index (κ2) is 5.47. The average Bonchev–Trinajstić information content (AvgIpc) is 2.15. The van der Waals surface area contributed by atoms with E-state index in [4.69, 9.17) is 10.8 Å². The number of hydrogen-bond donors (Lipinski definition) is 3. The van der Waals surface area contributed by atoms with Gasteiger partial charge in [0.1, 0.15) is 0 Å². The minimum absolute atomic E-state index is 0.0414. The molecule has 0 aromatic rings. The Hall–Kier alpha value is -0.610. The number of carbonyl (C=O) groups excluding carboxylic acids is 1. The van der Waals surface area contributed by atoms with Crippen molar-refractivity contribution in [3.8, 4) is 0 Å². The second-order valence-electron chi connectivity index (χ2n) is 4.75. The van der Waals surface area contributed by atoms with Crippen molar-refractivity contribution in [1.29, 1.82) is 0 Å². The Morgan fingerprint density at radius 1 is 1.47 bits per heavy atom. The van der Waals surface area contributed by atoms with E-state index in [0.29, 0.717) is 13.0 Å². The summed E-state index contributed by atoms with van der Waals surface area (Å²) >= 11 is 0. The number of rotatable bonds is 4. The molecule has 1 rings (SSSR count). The van der Waals surface area contributed by atoms with E-state index in [1.54, 1.807) is 6.92 Å². The number of nitrogens with two attached hydrogens (primary N) is 1. The first-order valence-electron chi connectivity index (χ1n) is 5.75. The summed E-state index contributed by atoms with van der Waals surface area (Å²) in [6, 6.07) is 0. The molecule has 88 valence electrons. The van der Waals surface area contributed by atoms with Gasteiger partial charge in [0.05, 0.1) is 6.10 Å². The molecule has 0 spiro atoms. The zero-order valence-corrected chi connectivity index (χ0v) is 9.46. The van der Waals surface area contributed by atoms with Crippen LogP contribution >= 0.6 is 0 Å². The zero-order chi connectivity index (χ0) is 11.3. The van der Waals surface area contributed by atoms with Crippen molar-refractivity contribution >= 4 is 5.91 Å². The Kier molecular flexibility index (Phi) is 4.54. The van der Waals surface area contributed by atoms with Gasteiger partial charge in [-0.3, -0.25) is 4.79 Å². The maximum absolute atomic E-state index is 11.5. The highest BCUT2D eigenvalue weighted by Gasteiger charge is 2.29. The molecule has 0 aromatic carbocycles. The number of aliphatic hydroxyl groups is 1. The van der Waals surface area contributed by atoms with Crippen LogP contribution in [0.15, 0.2) is 0 Å². The molecule has 1 fully saturated rings. The molecule has 4 N–H and O–H groups in total. The van der Waals surface area contributed by atoms with Crippen LogP contribution in [0.1, 0.15) is 45.4 Å². The van der Waals surface area contributed by atoms with Crippen LogP contribution in [-0.2, 0) is 4.79 Å². The third kappa shape index (κ3) is 4.62. The molecule has 1 saturated carbocycles. The van der Waals surface area contributed by atoms with Gasteiger partial charge < -0.3 is 16.2 Å². The maximum Gasteiger partial charge on any atom is 0.221 e. The summed E-state index contributed by atoms with van der Waals surface area (Å²) in [5.41, 5.74) is 5.84. The molecular formula is C11H22N2O2. The van der Waals surface area contributed by atoms with Gasteiger partial charge in [0.2, 0.25) is 5.91 Å². The molecule has 1 atom stereocenters. The van der Waals surface area contributed by atoms with E-state index in [-0.39, 0.29) is 11.4 Å². The fraction of sp³-hybridized carbons (Fsp3) is 0.909. The normalized spacial score (nSPS) is 22.1. The lowest BCUT2D eigenvalue weighted by Gasteiger charge is -2.32. The molecule has 0 bridgehead atoms. The van der Waals surface area contributed by atoms with Crippen LogP contribution in [0.25, 0.3) is 0 Å². The summed E-state index contributed by atoms with van der Waals surface area (Å²) in [4.78, 5) is 11.5. The van der Waals surface area contributed by atoms with Gasteiger partial charge in [-0.2, -0.15) is 0 Å².